The Kier molecular flexibility index (Phi) is 5.79. The molecule has 0 spiro atoms. The van der Waals surface area contributed by atoms with E-state index in [9.17, 15) is 0 Å². The van der Waals surface area contributed by atoms with Crippen LogP contribution in [-0.4, -0.2) is 27.6 Å². The van der Waals surface area contributed by atoms with Crippen LogP contribution < -0.4 is 5.32 Å². The Labute approximate surface area is 96.7 Å². The Morgan fingerprint density at radius 3 is 3.07 bits per heavy atom. The maximum absolute atomic E-state index is 4.18. The van der Waals surface area contributed by atoms with Crippen LogP contribution in [0.1, 0.15) is 26.0 Å². The maximum atomic E-state index is 4.18. The summed E-state index contributed by atoms with van der Waals surface area (Å²) in [6, 6.07) is 0. The summed E-state index contributed by atoms with van der Waals surface area (Å²) in [5.74, 6) is 0. The first kappa shape index (κ1) is 12.6. The summed E-state index contributed by atoms with van der Waals surface area (Å²) in [4.78, 5) is 4.18. The summed E-state index contributed by atoms with van der Waals surface area (Å²) >= 11 is 1.89. The second kappa shape index (κ2) is 6.90. The van der Waals surface area contributed by atoms with Crippen LogP contribution in [0.15, 0.2) is 12.5 Å². The molecular formula is C11H21N3S. The molecule has 0 amide bonds. The smallest absolute Gasteiger partial charge is 0.0948 e. The van der Waals surface area contributed by atoms with Gasteiger partial charge in [0.1, 0.15) is 0 Å². The number of aryl methyl sites for hydroxylation is 1. The lowest BCUT2D eigenvalue weighted by Crippen LogP contribution is -2.23. The van der Waals surface area contributed by atoms with Gasteiger partial charge in [-0.15, -0.1) is 0 Å². The van der Waals surface area contributed by atoms with Gasteiger partial charge >= 0.3 is 0 Å². The highest BCUT2D eigenvalue weighted by Crippen LogP contribution is 2.04. The molecule has 86 valence electrons. The van der Waals surface area contributed by atoms with E-state index in [0.717, 1.165) is 26.1 Å². The summed E-state index contributed by atoms with van der Waals surface area (Å²) in [5, 5.41) is 4.13. The average molecular weight is 227 g/mol. The number of nitrogens with one attached hydrogen (secondary N) is 1. The van der Waals surface area contributed by atoms with E-state index in [1.807, 2.05) is 24.3 Å². The van der Waals surface area contributed by atoms with Crippen molar-refractivity contribution in [3.8, 4) is 0 Å². The maximum Gasteiger partial charge on any atom is 0.0948 e. The molecule has 1 atom stereocenters. The molecule has 1 heterocycles. The van der Waals surface area contributed by atoms with Crippen LogP contribution in [0.4, 0.5) is 0 Å². The second-order valence-electron chi connectivity index (χ2n) is 3.76. The van der Waals surface area contributed by atoms with Crippen molar-refractivity contribution < 1.29 is 0 Å². The largest absolute Gasteiger partial charge is 0.333 e. The zero-order valence-corrected chi connectivity index (χ0v) is 10.7. The topological polar surface area (TPSA) is 29.9 Å². The molecule has 3 nitrogen and oxygen atoms in total. The Hall–Kier alpha value is -0.480. The zero-order chi connectivity index (χ0) is 11.1. The number of imidazole rings is 1. The van der Waals surface area contributed by atoms with E-state index < -0.39 is 0 Å². The van der Waals surface area contributed by atoms with E-state index in [-0.39, 0.29) is 0 Å². The second-order valence-corrected chi connectivity index (χ2v) is 5.03. The van der Waals surface area contributed by atoms with E-state index >= 15 is 0 Å². The van der Waals surface area contributed by atoms with Crippen molar-refractivity contribution in [3.63, 3.8) is 0 Å². The SMILES string of the molecule is CCCn1cncc1CNCC(C)SC. The van der Waals surface area contributed by atoms with Crippen LogP contribution in [0.3, 0.4) is 0 Å². The molecule has 1 N–H and O–H groups in total. The summed E-state index contributed by atoms with van der Waals surface area (Å²) in [6.07, 6.45) is 7.17. The summed E-state index contributed by atoms with van der Waals surface area (Å²) in [6.45, 7) is 7.46. The predicted molar refractivity (Wildman–Crippen MR) is 67.2 cm³/mol. The number of aromatic nitrogens is 2. The summed E-state index contributed by atoms with van der Waals surface area (Å²) < 4.78 is 2.22. The third-order valence-corrected chi connectivity index (χ3v) is 3.37. The quantitative estimate of drug-likeness (QED) is 0.774. The summed E-state index contributed by atoms with van der Waals surface area (Å²) in [7, 11) is 0. The van der Waals surface area contributed by atoms with Crippen LogP contribution in [0.25, 0.3) is 0 Å². The van der Waals surface area contributed by atoms with E-state index in [1.165, 1.54) is 5.69 Å². The monoisotopic (exact) mass is 227 g/mol. The molecule has 0 aliphatic heterocycles. The predicted octanol–water partition coefficient (Wildman–Crippen LogP) is 2.13. The van der Waals surface area contributed by atoms with Crippen molar-refractivity contribution in [2.24, 2.45) is 0 Å². The van der Waals surface area contributed by atoms with Crippen molar-refractivity contribution >= 4 is 11.8 Å². The normalized spacial score (nSPS) is 13.0. The van der Waals surface area contributed by atoms with Gasteiger partial charge in [-0.25, -0.2) is 4.98 Å². The molecule has 0 saturated carbocycles. The van der Waals surface area contributed by atoms with Gasteiger partial charge in [0.2, 0.25) is 0 Å². The average Bonchev–Trinajstić information content (AvgIpc) is 2.66. The highest BCUT2D eigenvalue weighted by molar-refractivity contribution is 7.99. The number of hydrogen-bond donors (Lipinski definition) is 1. The van der Waals surface area contributed by atoms with Crippen molar-refractivity contribution in [2.75, 3.05) is 12.8 Å². The van der Waals surface area contributed by atoms with Crippen molar-refractivity contribution in [1.29, 1.82) is 0 Å². The number of nitrogens with zero attached hydrogens (tertiary/aromatic N) is 2. The Balaban J connectivity index is 2.33. The van der Waals surface area contributed by atoms with Gasteiger partial charge in [0.05, 0.1) is 12.0 Å². The Bertz CT molecular complexity index is 273. The Morgan fingerprint density at radius 2 is 2.40 bits per heavy atom. The van der Waals surface area contributed by atoms with Gasteiger partial charge in [0, 0.05) is 31.1 Å². The molecule has 15 heavy (non-hydrogen) atoms. The van der Waals surface area contributed by atoms with E-state index in [2.05, 4.69) is 35.0 Å². The van der Waals surface area contributed by atoms with Crippen molar-refractivity contribution in [1.82, 2.24) is 14.9 Å². The van der Waals surface area contributed by atoms with Crippen LogP contribution in [0, 0.1) is 0 Å². The van der Waals surface area contributed by atoms with Gasteiger partial charge in [-0.05, 0) is 12.7 Å². The molecule has 4 heteroatoms. The lowest BCUT2D eigenvalue weighted by Gasteiger charge is -2.11. The van der Waals surface area contributed by atoms with Crippen LogP contribution in [0.2, 0.25) is 0 Å². The van der Waals surface area contributed by atoms with Gasteiger partial charge in [-0.2, -0.15) is 11.8 Å². The van der Waals surface area contributed by atoms with Crippen LogP contribution in [-0.2, 0) is 13.1 Å². The molecule has 0 aliphatic rings. The van der Waals surface area contributed by atoms with E-state index in [4.69, 9.17) is 0 Å². The molecule has 0 bridgehead atoms. The minimum atomic E-state index is 0.674. The van der Waals surface area contributed by atoms with Crippen LogP contribution in [0.5, 0.6) is 0 Å². The molecular weight excluding hydrogens is 206 g/mol. The molecule has 0 aromatic carbocycles. The standard InChI is InChI=1S/C11H21N3S/c1-4-5-14-9-13-8-11(14)7-12-6-10(2)15-3/h8-10,12H,4-7H2,1-3H3. The zero-order valence-electron chi connectivity index (χ0n) is 9.86. The lowest BCUT2D eigenvalue weighted by molar-refractivity contribution is 0.601. The summed E-state index contributed by atoms with van der Waals surface area (Å²) in [5.41, 5.74) is 1.28. The van der Waals surface area contributed by atoms with Gasteiger partial charge in [-0.1, -0.05) is 13.8 Å². The molecule has 1 rings (SSSR count). The van der Waals surface area contributed by atoms with Gasteiger partial charge in [0.15, 0.2) is 0 Å². The van der Waals surface area contributed by atoms with Crippen LogP contribution >= 0.6 is 11.8 Å². The van der Waals surface area contributed by atoms with Gasteiger partial charge in [0.25, 0.3) is 0 Å². The van der Waals surface area contributed by atoms with E-state index in [1.54, 1.807) is 0 Å². The molecule has 0 aliphatic carbocycles. The molecule has 1 unspecified atom stereocenters. The minimum Gasteiger partial charge on any atom is -0.333 e. The first-order valence-electron chi connectivity index (χ1n) is 5.50. The molecule has 0 radical (unpaired) electrons. The number of hydrogen-bond acceptors (Lipinski definition) is 3. The van der Waals surface area contributed by atoms with Gasteiger partial charge < -0.3 is 9.88 Å². The lowest BCUT2D eigenvalue weighted by atomic mass is 10.4. The molecule has 1 aromatic rings. The first-order valence-corrected chi connectivity index (χ1v) is 6.79. The minimum absolute atomic E-state index is 0.674. The number of thioether (sulfide) groups is 1. The third kappa shape index (κ3) is 4.26. The molecule has 0 fully saturated rings. The molecule has 0 saturated heterocycles. The third-order valence-electron chi connectivity index (χ3n) is 2.40. The fraction of sp³-hybridized carbons (Fsp3) is 0.727. The van der Waals surface area contributed by atoms with Gasteiger partial charge in [-0.3, -0.25) is 0 Å². The first-order chi connectivity index (χ1) is 7.27. The van der Waals surface area contributed by atoms with Crippen molar-refractivity contribution in [2.45, 2.75) is 38.6 Å². The highest BCUT2D eigenvalue weighted by Gasteiger charge is 2.02. The Morgan fingerprint density at radius 1 is 1.60 bits per heavy atom. The highest BCUT2D eigenvalue weighted by atomic mass is 32.2. The number of rotatable bonds is 7. The van der Waals surface area contributed by atoms with Crippen molar-refractivity contribution in [3.05, 3.63) is 18.2 Å². The molecule has 1 aromatic heterocycles. The fourth-order valence-electron chi connectivity index (χ4n) is 1.42. The van der Waals surface area contributed by atoms with E-state index in [0.29, 0.717) is 5.25 Å². The fourth-order valence-corrected chi connectivity index (χ4v) is 1.71.